The van der Waals surface area contributed by atoms with Crippen LogP contribution in [0.2, 0.25) is 0 Å². The van der Waals surface area contributed by atoms with Gasteiger partial charge in [0.1, 0.15) is 53.9 Å². The molecule has 0 aromatic rings. The Morgan fingerprint density at radius 3 is 1.80 bits per heavy atom. The predicted octanol–water partition coefficient (Wildman–Crippen LogP) is -2.17. The summed E-state index contributed by atoms with van der Waals surface area (Å²) in [6.45, 7) is 5.24. The Kier molecular flexibility index (Phi) is 22.7. The summed E-state index contributed by atoms with van der Waals surface area (Å²) in [5.41, 5.74) is 5.74. The van der Waals surface area contributed by atoms with Crippen LogP contribution in [0.4, 0.5) is 0 Å². The second-order valence-corrected chi connectivity index (χ2v) is 14.8. The number of aliphatic hydroxyl groups is 6. The van der Waals surface area contributed by atoms with Crippen LogP contribution in [0.25, 0.3) is 0 Å². The molecular weight excluding hydrogens is 724 g/mol. The highest BCUT2D eigenvalue weighted by Gasteiger charge is 2.43. The standard InChI is InChI=1S/C37H66N4O14/c1-4-39-36(52)27(38)18-40-29(45)14-8-6-5-7-11-24(42)19-41(20-25(43)12-9-15-53-28-17-22(2)30(46)33(49)32(28)48)21-26(44)13-10-16-54-37-35(51)34(50)31(47)23(3)55-37/h22-23,27-28,30-35,37,46-51H,4-21,38H2,1-3H3,(H,39,52)(H,40,45)/t22-,23+,27-,28-,30-,31-,32-,33-,34-,35+,37-/m1/s1. The van der Waals surface area contributed by atoms with Crippen LogP contribution in [0.3, 0.4) is 0 Å². The summed E-state index contributed by atoms with van der Waals surface area (Å²) in [5.74, 6) is -1.44. The average molecular weight is 791 g/mol. The zero-order valence-corrected chi connectivity index (χ0v) is 32.6. The fourth-order valence-electron chi connectivity index (χ4n) is 6.52. The van der Waals surface area contributed by atoms with Crippen molar-refractivity contribution in [3.63, 3.8) is 0 Å². The first-order chi connectivity index (χ1) is 26.0. The summed E-state index contributed by atoms with van der Waals surface area (Å²) >= 11 is 0. The lowest BCUT2D eigenvalue weighted by atomic mass is 9.82. The van der Waals surface area contributed by atoms with Gasteiger partial charge in [0.05, 0.1) is 44.6 Å². The molecule has 2 fully saturated rings. The Hall–Kier alpha value is -2.49. The Balaban J connectivity index is 1.80. The molecule has 18 heteroatoms. The minimum absolute atomic E-state index is 0.0105. The lowest BCUT2D eigenvalue weighted by Gasteiger charge is -2.38. The Morgan fingerprint density at radius 1 is 0.691 bits per heavy atom. The smallest absolute Gasteiger partial charge is 0.238 e. The molecule has 1 aliphatic heterocycles. The monoisotopic (exact) mass is 790 g/mol. The maximum atomic E-state index is 13.0. The molecule has 1 heterocycles. The van der Waals surface area contributed by atoms with E-state index in [0.717, 1.165) is 0 Å². The van der Waals surface area contributed by atoms with Crippen LogP contribution in [0, 0.1) is 5.92 Å². The highest BCUT2D eigenvalue weighted by Crippen LogP contribution is 2.27. The van der Waals surface area contributed by atoms with Crippen LogP contribution in [0.5, 0.6) is 0 Å². The molecule has 18 nitrogen and oxygen atoms in total. The lowest BCUT2D eigenvalue weighted by molar-refractivity contribution is -0.293. The summed E-state index contributed by atoms with van der Waals surface area (Å²) in [4.78, 5) is 64.1. The summed E-state index contributed by atoms with van der Waals surface area (Å²) in [6.07, 6.45) is -6.41. The van der Waals surface area contributed by atoms with Crippen molar-refractivity contribution in [3.8, 4) is 0 Å². The molecule has 10 N–H and O–H groups in total. The second-order valence-electron chi connectivity index (χ2n) is 14.8. The number of likely N-dealkylation sites (N-methyl/N-ethyl adjacent to an activating group) is 1. The van der Waals surface area contributed by atoms with Gasteiger partial charge in [-0.25, -0.2) is 0 Å². The van der Waals surface area contributed by atoms with E-state index < -0.39 is 61.2 Å². The van der Waals surface area contributed by atoms with Crippen LogP contribution in [-0.4, -0.2) is 172 Å². The number of nitrogens with one attached hydrogen (secondary N) is 2. The summed E-state index contributed by atoms with van der Waals surface area (Å²) < 4.78 is 16.6. The summed E-state index contributed by atoms with van der Waals surface area (Å²) in [5, 5.41) is 65.5. The van der Waals surface area contributed by atoms with Gasteiger partial charge in [0.2, 0.25) is 11.8 Å². The topological polar surface area (TPSA) is 288 Å². The van der Waals surface area contributed by atoms with Crippen molar-refractivity contribution in [1.82, 2.24) is 15.5 Å². The first kappa shape index (κ1) is 48.7. The van der Waals surface area contributed by atoms with E-state index in [4.69, 9.17) is 19.9 Å². The van der Waals surface area contributed by atoms with E-state index in [9.17, 15) is 54.6 Å². The molecule has 0 spiro atoms. The molecule has 0 aromatic heterocycles. The number of amides is 2. The normalized spacial score (nSPS) is 28.8. The van der Waals surface area contributed by atoms with Gasteiger partial charge in [-0.3, -0.25) is 28.9 Å². The van der Waals surface area contributed by atoms with Crippen LogP contribution in [-0.2, 0) is 38.2 Å². The number of hydrogen-bond acceptors (Lipinski definition) is 16. The molecule has 1 saturated carbocycles. The number of unbranched alkanes of at least 4 members (excludes halogenated alkanes) is 3. The molecule has 2 amide bonds. The molecule has 2 aliphatic rings. The average Bonchev–Trinajstić information content (AvgIpc) is 3.14. The van der Waals surface area contributed by atoms with Crippen molar-refractivity contribution < 1.29 is 68.8 Å². The highest BCUT2D eigenvalue weighted by molar-refractivity contribution is 5.86. The first-order valence-corrected chi connectivity index (χ1v) is 19.6. The quantitative estimate of drug-likeness (QED) is 0.0400. The zero-order valence-electron chi connectivity index (χ0n) is 32.6. The molecular formula is C37H66N4O14. The SMILES string of the molecule is CCNC(=O)[C@H](N)CNC(=O)CCCCCCC(=O)CN(CC(=O)CCCO[C@@H]1O[C@@H](C)[C@@H](O)[C@@H](O)[C@@H]1O)CC(=O)CCCO[C@@H]1C[C@@H](C)[C@@H](O)[C@@H](O)[C@@H]1O. The zero-order chi connectivity index (χ0) is 41.1. The lowest BCUT2D eigenvalue weighted by Crippen LogP contribution is -2.57. The molecule has 0 aromatic carbocycles. The Labute approximate surface area is 323 Å². The summed E-state index contributed by atoms with van der Waals surface area (Å²) in [7, 11) is 0. The number of ether oxygens (including phenoxy) is 3. The van der Waals surface area contributed by atoms with Crippen LogP contribution in [0.15, 0.2) is 0 Å². The fraction of sp³-hybridized carbons (Fsp3) is 0.865. The number of carbonyl (C=O) groups is 5. The minimum atomic E-state index is -1.47. The summed E-state index contributed by atoms with van der Waals surface area (Å²) in [6, 6.07) is -0.825. The molecule has 318 valence electrons. The van der Waals surface area contributed by atoms with Crippen molar-refractivity contribution in [2.24, 2.45) is 11.7 Å². The third-order valence-corrected chi connectivity index (χ3v) is 9.91. The third-order valence-electron chi connectivity index (χ3n) is 9.91. The van der Waals surface area contributed by atoms with Crippen molar-refractivity contribution in [1.29, 1.82) is 0 Å². The molecule has 2 rings (SSSR count). The Morgan fingerprint density at radius 2 is 1.22 bits per heavy atom. The predicted molar refractivity (Wildman–Crippen MR) is 197 cm³/mol. The van der Waals surface area contributed by atoms with E-state index >= 15 is 0 Å². The number of aliphatic hydroxyl groups excluding tert-OH is 6. The van der Waals surface area contributed by atoms with Gasteiger partial charge in [0, 0.05) is 45.4 Å². The second kappa shape index (κ2) is 25.7. The van der Waals surface area contributed by atoms with Crippen molar-refractivity contribution in [2.45, 2.75) is 153 Å². The van der Waals surface area contributed by atoms with E-state index in [1.807, 2.05) is 0 Å². The van der Waals surface area contributed by atoms with E-state index in [1.165, 1.54) is 11.8 Å². The van der Waals surface area contributed by atoms with Crippen LogP contribution < -0.4 is 16.4 Å². The van der Waals surface area contributed by atoms with Gasteiger partial charge in [-0.1, -0.05) is 19.8 Å². The van der Waals surface area contributed by atoms with Gasteiger partial charge < -0.3 is 61.2 Å². The van der Waals surface area contributed by atoms with Gasteiger partial charge >= 0.3 is 0 Å². The van der Waals surface area contributed by atoms with E-state index in [0.29, 0.717) is 45.1 Å². The number of hydrogen-bond donors (Lipinski definition) is 9. The molecule has 55 heavy (non-hydrogen) atoms. The van der Waals surface area contributed by atoms with Gasteiger partial charge in [0.15, 0.2) is 6.29 Å². The van der Waals surface area contributed by atoms with Gasteiger partial charge in [0.25, 0.3) is 0 Å². The molecule has 1 aliphatic carbocycles. The number of nitrogens with two attached hydrogens (primary N) is 1. The van der Waals surface area contributed by atoms with E-state index in [1.54, 1.807) is 13.8 Å². The number of nitrogens with zero attached hydrogens (tertiary/aromatic N) is 1. The third kappa shape index (κ3) is 17.7. The maximum Gasteiger partial charge on any atom is 0.238 e. The number of carbonyl (C=O) groups excluding carboxylic acids is 5. The van der Waals surface area contributed by atoms with Crippen LogP contribution >= 0.6 is 0 Å². The maximum absolute atomic E-state index is 13.0. The minimum Gasteiger partial charge on any atom is -0.390 e. The Bertz CT molecular complexity index is 1140. The van der Waals surface area contributed by atoms with E-state index in [2.05, 4.69) is 10.6 Å². The van der Waals surface area contributed by atoms with Gasteiger partial charge in [-0.15, -0.1) is 0 Å². The highest BCUT2D eigenvalue weighted by atomic mass is 16.7. The molecule has 0 unspecified atom stereocenters. The molecule has 11 atom stereocenters. The largest absolute Gasteiger partial charge is 0.390 e. The van der Waals surface area contributed by atoms with E-state index in [-0.39, 0.29) is 107 Å². The molecule has 1 saturated heterocycles. The molecule has 0 radical (unpaired) electrons. The molecule has 0 bridgehead atoms. The fourth-order valence-corrected chi connectivity index (χ4v) is 6.52. The number of ketones is 3. The first-order valence-electron chi connectivity index (χ1n) is 19.6. The van der Waals surface area contributed by atoms with Crippen molar-refractivity contribution in [3.05, 3.63) is 0 Å². The van der Waals surface area contributed by atoms with Gasteiger partial charge in [-0.05, 0) is 51.9 Å². The van der Waals surface area contributed by atoms with Crippen LogP contribution in [0.1, 0.15) is 91.4 Å². The number of rotatable bonds is 27. The van der Waals surface area contributed by atoms with Crippen molar-refractivity contribution in [2.75, 3.05) is 45.9 Å². The number of Topliss-reactive ketones (excluding diaryl/α,β-unsaturated/α-hetero) is 3. The van der Waals surface area contributed by atoms with Gasteiger partial charge in [-0.2, -0.15) is 0 Å². The van der Waals surface area contributed by atoms with Crippen molar-refractivity contribution >= 4 is 29.2 Å².